The number of allylic oxidation sites excluding steroid dienone is 4. The van der Waals surface area contributed by atoms with E-state index < -0.39 is 5.97 Å². The molecule has 0 atom stereocenters. The second-order valence-electron chi connectivity index (χ2n) is 2.41. The molecule has 0 aromatic heterocycles. The van der Waals surface area contributed by atoms with Gasteiger partial charge >= 0.3 is 0 Å². The fourth-order valence-electron chi connectivity index (χ4n) is 0.542. The third-order valence-corrected chi connectivity index (χ3v) is 0.883. The molecule has 0 unspecified atom stereocenters. The van der Waals surface area contributed by atoms with E-state index in [-0.39, 0.29) is 5.96 Å². The first-order valence-corrected chi connectivity index (χ1v) is 4.07. The van der Waals surface area contributed by atoms with E-state index >= 15 is 0 Å². The Bertz CT molecular complexity index is 190. The van der Waals surface area contributed by atoms with Gasteiger partial charge < -0.3 is 16.6 Å². The molecule has 1 aliphatic rings. The summed E-state index contributed by atoms with van der Waals surface area (Å²) >= 11 is 0. The lowest BCUT2D eigenvalue weighted by Gasteiger charge is -1.88. The number of nitrogens with one attached hydrogen (secondary N) is 1. The lowest BCUT2D eigenvalue weighted by Crippen LogP contribution is -2.20. The molecule has 6 N–H and O–H groups in total. The van der Waals surface area contributed by atoms with E-state index in [0.29, 0.717) is 0 Å². The van der Waals surface area contributed by atoms with Crippen LogP contribution in [0.25, 0.3) is 0 Å². The zero-order chi connectivity index (χ0) is 11.4. The number of carbonyl (C=O) groups is 1. The van der Waals surface area contributed by atoms with Gasteiger partial charge in [0.25, 0.3) is 5.97 Å². The van der Waals surface area contributed by atoms with Gasteiger partial charge in [0, 0.05) is 6.92 Å². The van der Waals surface area contributed by atoms with Crippen LogP contribution in [0.2, 0.25) is 0 Å². The highest BCUT2D eigenvalue weighted by Crippen LogP contribution is 1.98. The largest absolute Gasteiger partial charge is 0.481 e. The lowest BCUT2D eigenvalue weighted by atomic mass is 10.2. The van der Waals surface area contributed by atoms with Crippen LogP contribution < -0.4 is 11.5 Å². The molecule has 0 aromatic carbocycles. The molecule has 0 heterocycles. The van der Waals surface area contributed by atoms with Crippen LogP contribution in [0, 0.1) is 5.41 Å². The van der Waals surface area contributed by atoms with Gasteiger partial charge in [0.05, 0.1) is 0 Å². The Kier molecular flexibility index (Phi) is 11.8. The van der Waals surface area contributed by atoms with Crippen molar-refractivity contribution >= 4 is 11.9 Å². The van der Waals surface area contributed by atoms with Gasteiger partial charge in [-0.2, -0.15) is 0 Å². The standard InChI is InChI=1S/C6H8.C2H4O2.CH5N3/c1-2-4-6-5-3-1;1-2(3)4;2-1(3)4/h1-4H,5-6H2;1H3,(H,3,4);(H5,2,3,4). The molecule has 0 saturated carbocycles. The van der Waals surface area contributed by atoms with Crippen molar-refractivity contribution in [3.05, 3.63) is 24.3 Å². The summed E-state index contributed by atoms with van der Waals surface area (Å²) in [6, 6.07) is 0. The molecular weight excluding hydrogens is 182 g/mol. The summed E-state index contributed by atoms with van der Waals surface area (Å²) in [7, 11) is 0. The molecule has 0 saturated heterocycles. The summed E-state index contributed by atoms with van der Waals surface area (Å²) in [5, 5.41) is 13.5. The third kappa shape index (κ3) is 48.8. The van der Waals surface area contributed by atoms with E-state index in [1.54, 1.807) is 0 Å². The maximum absolute atomic E-state index is 9.00. The molecule has 0 amide bonds. The van der Waals surface area contributed by atoms with Gasteiger partial charge in [-0.05, 0) is 12.8 Å². The fourth-order valence-corrected chi connectivity index (χ4v) is 0.542. The van der Waals surface area contributed by atoms with Gasteiger partial charge in [0.1, 0.15) is 0 Å². The van der Waals surface area contributed by atoms with Gasteiger partial charge in [0.15, 0.2) is 5.96 Å². The minimum atomic E-state index is -0.833. The number of carboxylic acid groups (broad SMARTS) is 1. The average Bonchev–Trinajstić information content (AvgIpc) is 2.05. The molecule has 80 valence electrons. The topological polar surface area (TPSA) is 113 Å². The summed E-state index contributed by atoms with van der Waals surface area (Å²) in [6.07, 6.45) is 11.0. The Labute approximate surface area is 83.6 Å². The lowest BCUT2D eigenvalue weighted by molar-refractivity contribution is -0.134. The van der Waals surface area contributed by atoms with Crippen molar-refractivity contribution in [3.63, 3.8) is 0 Å². The summed E-state index contributed by atoms with van der Waals surface area (Å²) in [5.74, 6) is -1.17. The van der Waals surface area contributed by atoms with Gasteiger partial charge in [-0.3, -0.25) is 10.2 Å². The minimum absolute atomic E-state index is 0.333. The molecule has 1 rings (SSSR count). The molecular formula is C9H17N3O2. The number of aliphatic carboxylic acids is 1. The summed E-state index contributed by atoms with van der Waals surface area (Å²) in [5.41, 5.74) is 8.94. The first-order valence-electron chi connectivity index (χ1n) is 4.07. The predicted octanol–water partition coefficient (Wildman–Crippen LogP) is 0.822. The van der Waals surface area contributed by atoms with E-state index in [1.165, 1.54) is 12.8 Å². The first-order chi connectivity index (χ1) is 6.46. The van der Waals surface area contributed by atoms with E-state index in [1.807, 2.05) is 0 Å². The first kappa shape index (κ1) is 14.7. The van der Waals surface area contributed by atoms with E-state index in [4.69, 9.17) is 15.3 Å². The summed E-state index contributed by atoms with van der Waals surface area (Å²) in [6.45, 7) is 1.08. The monoisotopic (exact) mass is 199 g/mol. The van der Waals surface area contributed by atoms with E-state index in [0.717, 1.165) is 6.92 Å². The number of hydrogen-bond acceptors (Lipinski definition) is 2. The van der Waals surface area contributed by atoms with Crippen molar-refractivity contribution in [2.45, 2.75) is 19.8 Å². The van der Waals surface area contributed by atoms with Gasteiger partial charge in [0.2, 0.25) is 0 Å². The van der Waals surface area contributed by atoms with Crippen molar-refractivity contribution in [1.82, 2.24) is 0 Å². The number of rotatable bonds is 0. The van der Waals surface area contributed by atoms with E-state index in [9.17, 15) is 0 Å². The third-order valence-electron chi connectivity index (χ3n) is 0.883. The molecule has 5 heteroatoms. The van der Waals surface area contributed by atoms with Crippen molar-refractivity contribution in [2.24, 2.45) is 11.5 Å². The molecule has 0 aliphatic heterocycles. The molecule has 0 spiro atoms. The van der Waals surface area contributed by atoms with Crippen LogP contribution >= 0.6 is 0 Å². The van der Waals surface area contributed by atoms with Crippen molar-refractivity contribution in [2.75, 3.05) is 0 Å². The second kappa shape index (κ2) is 11.2. The molecule has 5 nitrogen and oxygen atoms in total. The van der Waals surface area contributed by atoms with Gasteiger partial charge in [-0.15, -0.1) is 0 Å². The molecule has 0 fully saturated rings. The smallest absolute Gasteiger partial charge is 0.300 e. The maximum Gasteiger partial charge on any atom is 0.300 e. The maximum atomic E-state index is 9.00. The highest BCUT2D eigenvalue weighted by atomic mass is 16.4. The highest BCUT2D eigenvalue weighted by molar-refractivity contribution is 5.71. The zero-order valence-electron chi connectivity index (χ0n) is 8.23. The SMILES string of the molecule is C1=CCCC=C1.CC(=O)O.N=C(N)N. The Hall–Kier alpha value is -1.78. The highest BCUT2D eigenvalue weighted by Gasteiger charge is 1.77. The minimum Gasteiger partial charge on any atom is -0.481 e. The van der Waals surface area contributed by atoms with Crippen molar-refractivity contribution in [1.29, 1.82) is 5.41 Å². The Morgan fingerprint density at radius 3 is 1.57 bits per heavy atom. The van der Waals surface area contributed by atoms with Gasteiger partial charge in [-0.1, -0.05) is 24.3 Å². The molecule has 0 radical (unpaired) electrons. The van der Waals surface area contributed by atoms with Crippen LogP contribution in [0.4, 0.5) is 0 Å². The van der Waals surface area contributed by atoms with Crippen LogP contribution in [0.3, 0.4) is 0 Å². The number of nitrogens with two attached hydrogens (primary N) is 2. The number of guanidine groups is 1. The zero-order valence-corrected chi connectivity index (χ0v) is 8.23. The summed E-state index contributed by atoms with van der Waals surface area (Å²) < 4.78 is 0. The van der Waals surface area contributed by atoms with Crippen molar-refractivity contribution in [3.8, 4) is 0 Å². The average molecular weight is 199 g/mol. The molecule has 14 heavy (non-hydrogen) atoms. The van der Waals surface area contributed by atoms with E-state index in [2.05, 4.69) is 35.8 Å². The fraction of sp³-hybridized carbons (Fsp3) is 0.333. The van der Waals surface area contributed by atoms with Crippen molar-refractivity contribution < 1.29 is 9.90 Å². The molecule has 0 bridgehead atoms. The van der Waals surface area contributed by atoms with Gasteiger partial charge in [-0.25, -0.2) is 0 Å². The van der Waals surface area contributed by atoms with Crippen LogP contribution in [-0.2, 0) is 4.79 Å². The quantitative estimate of drug-likeness (QED) is 0.341. The summed E-state index contributed by atoms with van der Waals surface area (Å²) in [4.78, 5) is 9.00. The van der Waals surface area contributed by atoms with Crippen LogP contribution in [0.1, 0.15) is 19.8 Å². The Balaban J connectivity index is 0. The predicted molar refractivity (Wildman–Crippen MR) is 56.9 cm³/mol. The number of carboxylic acids is 1. The Morgan fingerprint density at radius 1 is 1.29 bits per heavy atom. The Morgan fingerprint density at radius 2 is 1.50 bits per heavy atom. The molecule has 1 aliphatic carbocycles. The normalized spacial score (nSPS) is 11.5. The van der Waals surface area contributed by atoms with Crippen LogP contribution in [-0.4, -0.2) is 17.0 Å². The second-order valence-corrected chi connectivity index (χ2v) is 2.41. The molecule has 0 aromatic rings. The van der Waals surface area contributed by atoms with Crippen LogP contribution in [0.15, 0.2) is 24.3 Å². The van der Waals surface area contributed by atoms with Crippen LogP contribution in [0.5, 0.6) is 0 Å². The number of hydrogen-bond donors (Lipinski definition) is 4.